The monoisotopic (exact) mass is 296 g/mol. The fraction of sp³-hybridized carbons (Fsp3) is 0.316. The van der Waals surface area contributed by atoms with Crippen LogP contribution < -0.4 is 10.6 Å². The molecule has 0 saturated carbocycles. The summed E-state index contributed by atoms with van der Waals surface area (Å²) in [7, 11) is 0. The minimum Gasteiger partial charge on any atom is -0.384 e. The maximum absolute atomic E-state index is 12.0. The fourth-order valence-electron chi connectivity index (χ4n) is 2.59. The average Bonchev–Trinajstić information content (AvgIpc) is 2.40. The third-order valence-electron chi connectivity index (χ3n) is 3.55. The van der Waals surface area contributed by atoms with Gasteiger partial charge in [0.25, 0.3) is 0 Å². The standard InChI is InChI=1S/C19H24N2O/c1-13-5-6-18(16(4)10-13)20-8-7-19(22)21-17-11-14(2)9-15(3)12-17/h5-6,9-12,20H,7-8H2,1-4H3,(H,21,22). The van der Waals surface area contributed by atoms with Crippen molar-refractivity contribution < 1.29 is 4.79 Å². The second-order valence-corrected chi connectivity index (χ2v) is 5.92. The summed E-state index contributed by atoms with van der Waals surface area (Å²) in [6.07, 6.45) is 0.445. The van der Waals surface area contributed by atoms with E-state index in [-0.39, 0.29) is 5.91 Å². The number of aryl methyl sites for hydroxylation is 4. The zero-order valence-corrected chi connectivity index (χ0v) is 13.8. The summed E-state index contributed by atoms with van der Waals surface area (Å²) in [5, 5.41) is 6.27. The van der Waals surface area contributed by atoms with Gasteiger partial charge in [0.15, 0.2) is 0 Å². The summed E-state index contributed by atoms with van der Waals surface area (Å²) in [6.45, 7) is 8.84. The largest absolute Gasteiger partial charge is 0.384 e. The molecule has 0 atom stereocenters. The van der Waals surface area contributed by atoms with Gasteiger partial charge >= 0.3 is 0 Å². The normalized spacial score (nSPS) is 10.4. The topological polar surface area (TPSA) is 41.1 Å². The minimum atomic E-state index is 0.0299. The van der Waals surface area contributed by atoms with E-state index in [0.29, 0.717) is 13.0 Å². The van der Waals surface area contributed by atoms with Gasteiger partial charge in [-0.3, -0.25) is 4.79 Å². The Labute approximate surface area is 132 Å². The molecule has 0 spiro atoms. The van der Waals surface area contributed by atoms with E-state index in [1.165, 1.54) is 11.1 Å². The van der Waals surface area contributed by atoms with E-state index in [9.17, 15) is 4.79 Å². The summed E-state index contributed by atoms with van der Waals surface area (Å²) in [4.78, 5) is 12.0. The summed E-state index contributed by atoms with van der Waals surface area (Å²) in [5.74, 6) is 0.0299. The van der Waals surface area contributed by atoms with Crippen molar-refractivity contribution >= 4 is 17.3 Å². The van der Waals surface area contributed by atoms with Crippen LogP contribution in [0.25, 0.3) is 0 Å². The van der Waals surface area contributed by atoms with E-state index in [0.717, 1.165) is 22.5 Å². The van der Waals surface area contributed by atoms with Gasteiger partial charge in [-0.05, 0) is 62.6 Å². The zero-order valence-electron chi connectivity index (χ0n) is 13.8. The van der Waals surface area contributed by atoms with Gasteiger partial charge in [-0.25, -0.2) is 0 Å². The first-order chi connectivity index (χ1) is 10.4. The van der Waals surface area contributed by atoms with Gasteiger partial charge in [-0.2, -0.15) is 0 Å². The number of hydrogen-bond donors (Lipinski definition) is 2. The van der Waals surface area contributed by atoms with Gasteiger partial charge < -0.3 is 10.6 Å². The predicted octanol–water partition coefficient (Wildman–Crippen LogP) is 4.36. The highest BCUT2D eigenvalue weighted by atomic mass is 16.1. The minimum absolute atomic E-state index is 0.0299. The lowest BCUT2D eigenvalue weighted by atomic mass is 10.1. The SMILES string of the molecule is Cc1cc(C)cc(NC(=O)CCNc2ccc(C)cc2C)c1. The van der Waals surface area contributed by atoms with Crippen molar-refractivity contribution in [2.45, 2.75) is 34.1 Å². The number of carbonyl (C=O) groups excluding carboxylic acids is 1. The Balaban J connectivity index is 1.85. The van der Waals surface area contributed by atoms with Gasteiger partial charge in [-0.1, -0.05) is 23.8 Å². The molecule has 2 N–H and O–H groups in total. The number of carbonyl (C=O) groups is 1. The lowest BCUT2D eigenvalue weighted by Gasteiger charge is -2.11. The highest BCUT2D eigenvalue weighted by Gasteiger charge is 2.04. The number of benzene rings is 2. The van der Waals surface area contributed by atoms with E-state index in [4.69, 9.17) is 0 Å². The van der Waals surface area contributed by atoms with Crippen LogP contribution in [0.4, 0.5) is 11.4 Å². The van der Waals surface area contributed by atoms with Crippen LogP contribution in [0.2, 0.25) is 0 Å². The third-order valence-corrected chi connectivity index (χ3v) is 3.55. The average molecular weight is 296 g/mol. The van der Waals surface area contributed by atoms with Crippen molar-refractivity contribution in [3.63, 3.8) is 0 Å². The first-order valence-corrected chi connectivity index (χ1v) is 7.63. The van der Waals surface area contributed by atoms with Crippen molar-refractivity contribution in [1.29, 1.82) is 0 Å². The quantitative estimate of drug-likeness (QED) is 0.860. The molecule has 0 bridgehead atoms. The van der Waals surface area contributed by atoms with Crippen LogP contribution in [0.3, 0.4) is 0 Å². The second-order valence-electron chi connectivity index (χ2n) is 5.92. The lowest BCUT2D eigenvalue weighted by Crippen LogP contribution is -2.16. The number of anilines is 2. The molecule has 0 fully saturated rings. The van der Waals surface area contributed by atoms with E-state index in [2.05, 4.69) is 48.7 Å². The molecule has 1 amide bonds. The molecule has 2 aromatic carbocycles. The van der Waals surface area contributed by atoms with Crippen LogP contribution in [-0.4, -0.2) is 12.5 Å². The Kier molecular flexibility index (Phi) is 5.21. The van der Waals surface area contributed by atoms with Gasteiger partial charge in [0.05, 0.1) is 0 Å². The van der Waals surface area contributed by atoms with Gasteiger partial charge in [0.1, 0.15) is 0 Å². The van der Waals surface area contributed by atoms with Gasteiger partial charge in [0, 0.05) is 24.3 Å². The van der Waals surface area contributed by atoms with Crippen LogP contribution >= 0.6 is 0 Å². The molecule has 0 unspecified atom stereocenters. The number of rotatable bonds is 5. The summed E-state index contributed by atoms with van der Waals surface area (Å²) < 4.78 is 0. The molecule has 0 heterocycles. The van der Waals surface area contributed by atoms with Crippen LogP contribution in [-0.2, 0) is 4.79 Å². The van der Waals surface area contributed by atoms with Crippen LogP contribution in [0, 0.1) is 27.7 Å². The first-order valence-electron chi connectivity index (χ1n) is 7.63. The summed E-state index contributed by atoms with van der Waals surface area (Å²) in [5.41, 5.74) is 6.72. The fourth-order valence-corrected chi connectivity index (χ4v) is 2.59. The molecule has 0 radical (unpaired) electrons. The molecule has 0 aliphatic heterocycles. The molecule has 0 aliphatic carbocycles. The maximum Gasteiger partial charge on any atom is 0.226 e. The molecule has 22 heavy (non-hydrogen) atoms. The Morgan fingerprint density at radius 2 is 1.59 bits per heavy atom. The molecule has 0 saturated heterocycles. The molecular formula is C19H24N2O. The molecule has 116 valence electrons. The van der Waals surface area contributed by atoms with Gasteiger partial charge in [0.2, 0.25) is 5.91 Å². The summed E-state index contributed by atoms with van der Waals surface area (Å²) in [6, 6.07) is 12.3. The predicted molar refractivity (Wildman–Crippen MR) is 93.6 cm³/mol. The molecule has 3 heteroatoms. The third kappa shape index (κ3) is 4.62. The number of hydrogen-bond acceptors (Lipinski definition) is 2. The van der Waals surface area contributed by atoms with Crippen LogP contribution in [0.15, 0.2) is 36.4 Å². The number of amides is 1. The Bertz CT molecular complexity index is 657. The number of nitrogens with one attached hydrogen (secondary N) is 2. The molecule has 0 aromatic heterocycles. The Morgan fingerprint density at radius 1 is 0.909 bits per heavy atom. The maximum atomic E-state index is 12.0. The van der Waals surface area contributed by atoms with Crippen molar-refractivity contribution in [1.82, 2.24) is 0 Å². The Hall–Kier alpha value is -2.29. The van der Waals surface area contributed by atoms with E-state index in [1.54, 1.807) is 0 Å². The van der Waals surface area contributed by atoms with Crippen molar-refractivity contribution in [3.05, 3.63) is 58.7 Å². The van der Waals surface area contributed by atoms with E-state index in [1.807, 2.05) is 26.0 Å². The smallest absolute Gasteiger partial charge is 0.226 e. The van der Waals surface area contributed by atoms with Crippen molar-refractivity contribution in [2.24, 2.45) is 0 Å². The lowest BCUT2D eigenvalue weighted by molar-refractivity contribution is -0.115. The van der Waals surface area contributed by atoms with Crippen molar-refractivity contribution in [3.8, 4) is 0 Å². The molecule has 2 aromatic rings. The first kappa shape index (κ1) is 16.1. The van der Waals surface area contributed by atoms with Crippen LogP contribution in [0.1, 0.15) is 28.7 Å². The van der Waals surface area contributed by atoms with E-state index >= 15 is 0 Å². The molecule has 2 rings (SSSR count). The van der Waals surface area contributed by atoms with Crippen molar-refractivity contribution in [2.75, 3.05) is 17.2 Å². The van der Waals surface area contributed by atoms with E-state index < -0.39 is 0 Å². The summed E-state index contributed by atoms with van der Waals surface area (Å²) >= 11 is 0. The molecule has 0 aliphatic rings. The molecular weight excluding hydrogens is 272 g/mol. The second kappa shape index (κ2) is 7.12. The van der Waals surface area contributed by atoms with Crippen LogP contribution in [0.5, 0.6) is 0 Å². The zero-order chi connectivity index (χ0) is 16.1. The Morgan fingerprint density at radius 3 is 2.23 bits per heavy atom. The highest BCUT2D eigenvalue weighted by molar-refractivity contribution is 5.91. The molecule has 3 nitrogen and oxygen atoms in total. The van der Waals surface area contributed by atoms with Gasteiger partial charge in [-0.15, -0.1) is 0 Å². The highest BCUT2D eigenvalue weighted by Crippen LogP contribution is 2.16.